The van der Waals surface area contributed by atoms with Gasteiger partial charge in [0.15, 0.2) is 0 Å². The number of nitrogens with zero attached hydrogens (tertiary/aromatic N) is 5. The largest absolute Gasteiger partial charge is 0.457 e. The van der Waals surface area contributed by atoms with Crippen LogP contribution in [0.1, 0.15) is 35.9 Å². The van der Waals surface area contributed by atoms with Crippen LogP contribution < -0.4 is 20.7 Å². The molecule has 0 atom stereocenters. The van der Waals surface area contributed by atoms with Gasteiger partial charge in [-0.25, -0.2) is 23.8 Å². The molecule has 0 radical (unpaired) electrons. The fraction of sp³-hybridized carbons (Fsp3) is 0.143. The number of fused-ring (bicyclic) bond motifs is 1. The monoisotopic (exact) mass is 540 g/mol. The van der Waals surface area contributed by atoms with Crippen LogP contribution in [0.4, 0.5) is 20.7 Å². The number of anilines is 2. The lowest BCUT2D eigenvalue weighted by Crippen LogP contribution is -2.22. The second kappa shape index (κ2) is 11.2. The van der Waals surface area contributed by atoms with E-state index in [0.717, 1.165) is 22.7 Å². The van der Waals surface area contributed by atoms with E-state index in [0.29, 0.717) is 17.3 Å². The van der Waals surface area contributed by atoms with Gasteiger partial charge in [0.2, 0.25) is 0 Å². The third kappa shape index (κ3) is 5.70. The first kappa shape index (κ1) is 26.2. The Kier molecular flexibility index (Phi) is 7.31. The molecule has 11 nitrogen and oxygen atoms in total. The molecule has 5 aromatic rings. The van der Waals surface area contributed by atoms with Crippen molar-refractivity contribution >= 4 is 34.3 Å². The van der Waals surface area contributed by atoms with Crippen molar-refractivity contribution in [2.24, 2.45) is 0 Å². The highest BCUT2D eigenvalue weighted by Crippen LogP contribution is 2.27. The van der Waals surface area contributed by atoms with Gasteiger partial charge in [-0.05, 0) is 42.3 Å². The quantitative estimate of drug-likeness (QED) is 0.256. The average molecular weight is 541 g/mol. The molecule has 0 spiro atoms. The Bertz CT molecular complexity index is 1720. The van der Waals surface area contributed by atoms with E-state index < -0.39 is 11.8 Å². The van der Waals surface area contributed by atoms with Crippen molar-refractivity contribution in [3.63, 3.8) is 0 Å². The van der Waals surface area contributed by atoms with E-state index in [1.807, 2.05) is 32.0 Å². The number of hydrogen-bond acceptors (Lipinski definition) is 7. The first-order valence-corrected chi connectivity index (χ1v) is 12.3. The van der Waals surface area contributed by atoms with Gasteiger partial charge in [-0.2, -0.15) is 5.10 Å². The number of halogens is 1. The van der Waals surface area contributed by atoms with Crippen molar-refractivity contribution in [3.05, 3.63) is 90.5 Å². The maximum atomic E-state index is 14.9. The van der Waals surface area contributed by atoms with Gasteiger partial charge >= 0.3 is 6.03 Å². The van der Waals surface area contributed by atoms with E-state index in [2.05, 4.69) is 36.0 Å². The van der Waals surface area contributed by atoms with Gasteiger partial charge in [-0.1, -0.05) is 13.8 Å². The maximum Gasteiger partial charge on any atom is 0.324 e. The van der Waals surface area contributed by atoms with Crippen molar-refractivity contribution in [3.8, 4) is 17.2 Å². The molecule has 3 aromatic heterocycles. The van der Waals surface area contributed by atoms with Crippen LogP contribution in [-0.4, -0.2) is 43.7 Å². The van der Waals surface area contributed by atoms with Crippen LogP contribution in [-0.2, 0) is 0 Å². The summed E-state index contributed by atoms with van der Waals surface area (Å²) in [4.78, 5) is 37.0. The minimum absolute atomic E-state index is 0.0522. The zero-order valence-electron chi connectivity index (χ0n) is 21.8. The molecule has 3 heterocycles. The fourth-order valence-corrected chi connectivity index (χ4v) is 3.86. The third-order valence-corrected chi connectivity index (χ3v) is 5.91. The number of carbonyl (C=O) groups is 2. The summed E-state index contributed by atoms with van der Waals surface area (Å²) in [6, 6.07) is 13.7. The lowest BCUT2D eigenvalue weighted by Gasteiger charge is -2.12. The number of amides is 3. The number of benzene rings is 2. The Labute approximate surface area is 228 Å². The number of aromatic nitrogens is 5. The zero-order valence-corrected chi connectivity index (χ0v) is 21.8. The van der Waals surface area contributed by atoms with Crippen LogP contribution in [0, 0.1) is 5.82 Å². The smallest absolute Gasteiger partial charge is 0.324 e. The third-order valence-electron chi connectivity index (χ3n) is 5.91. The highest BCUT2D eigenvalue weighted by molar-refractivity contribution is 5.99. The molecule has 12 heteroatoms. The molecule has 0 unspecified atom stereocenters. The molecule has 40 heavy (non-hydrogen) atoms. The minimum Gasteiger partial charge on any atom is -0.457 e. The van der Waals surface area contributed by atoms with Crippen LogP contribution in [0.5, 0.6) is 11.5 Å². The molecule has 5 rings (SSSR count). The molecule has 0 saturated carbocycles. The molecule has 0 aliphatic rings. The predicted octanol–water partition coefficient (Wildman–Crippen LogP) is 5.27. The van der Waals surface area contributed by atoms with Crippen LogP contribution in [0.25, 0.3) is 16.6 Å². The van der Waals surface area contributed by atoms with Crippen LogP contribution >= 0.6 is 0 Å². The zero-order chi connectivity index (χ0) is 28.2. The van der Waals surface area contributed by atoms with Gasteiger partial charge in [0.05, 0.1) is 22.6 Å². The van der Waals surface area contributed by atoms with Gasteiger partial charge in [0, 0.05) is 43.0 Å². The van der Waals surface area contributed by atoms with E-state index in [1.165, 1.54) is 37.8 Å². The highest BCUT2D eigenvalue weighted by Gasteiger charge is 2.16. The normalized spacial score (nSPS) is 10.9. The van der Waals surface area contributed by atoms with E-state index in [4.69, 9.17) is 4.74 Å². The molecule has 0 fully saturated rings. The van der Waals surface area contributed by atoms with Crippen LogP contribution in [0.15, 0.2) is 73.3 Å². The molecule has 0 aliphatic heterocycles. The summed E-state index contributed by atoms with van der Waals surface area (Å²) < 4.78 is 22.2. The number of nitrogens with one attached hydrogen (secondary N) is 3. The number of carbonyl (C=O) groups excluding carboxylic acids is 2. The van der Waals surface area contributed by atoms with E-state index in [-0.39, 0.29) is 29.0 Å². The summed E-state index contributed by atoms with van der Waals surface area (Å²) in [5.74, 6) is -0.0926. The number of rotatable bonds is 7. The van der Waals surface area contributed by atoms with Crippen LogP contribution in [0.3, 0.4) is 0 Å². The summed E-state index contributed by atoms with van der Waals surface area (Å²) >= 11 is 0. The van der Waals surface area contributed by atoms with Crippen LogP contribution in [0.2, 0.25) is 0 Å². The molecular weight excluding hydrogens is 515 g/mol. The van der Waals surface area contributed by atoms with E-state index in [9.17, 15) is 14.0 Å². The maximum absolute atomic E-state index is 14.9. The Morgan fingerprint density at radius 2 is 1.80 bits per heavy atom. The highest BCUT2D eigenvalue weighted by atomic mass is 19.1. The molecule has 0 bridgehead atoms. The summed E-state index contributed by atoms with van der Waals surface area (Å²) in [6.45, 7) is 3.99. The fourth-order valence-electron chi connectivity index (χ4n) is 3.86. The van der Waals surface area contributed by atoms with Crippen molar-refractivity contribution in [1.29, 1.82) is 0 Å². The molecular formula is C28H25FN8O3. The van der Waals surface area contributed by atoms with Gasteiger partial charge < -0.3 is 15.4 Å². The topological polar surface area (TPSA) is 136 Å². The van der Waals surface area contributed by atoms with Gasteiger partial charge in [-0.15, -0.1) is 0 Å². The predicted molar refractivity (Wildman–Crippen MR) is 147 cm³/mol. The first-order valence-electron chi connectivity index (χ1n) is 12.3. The number of pyridine rings is 1. The summed E-state index contributed by atoms with van der Waals surface area (Å²) in [5, 5.41) is 13.2. The Morgan fingerprint density at radius 1 is 0.975 bits per heavy atom. The number of ether oxygens (including phenoxy) is 1. The summed E-state index contributed by atoms with van der Waals surface area (Å²) in [7, 11) is 1.49. The average Bonchev–Trinajstić information content (AvgIpc) is 3.38. The van der Waals surface area contributed by atoms with Crippen molar-refractivity contribution in [2.45, 2.75) is 19.8 Å². The van der Waals surface area contributed by atoms with E-state index >= 15 is 0 Å². The molecule has 3 amide bonds. The Morgan fingerprint density at radius 3 is 2.58 bits per heavy atom. The van der Waals surface area contributed by atoms with Crippen molar-refractivity contribution in [2.75, 3.05) is 17.7 Å². The molecule has 202 valence electrons. The standard InChI is InChI=1S/C28H25FN8O3/c1-16(2)24-13-26(37(36-24)18-4-6-22-17(10-18)14-31-15-33-22)35-28(39)34-23-7-5-19(11-21(23)29)40-20-8-9-32-25(12-20)27(38)30-3/h4-16H,1-3H3,(H,30,38)(H2,34,35,39). The second-order valence-corrected chi connectivity index (χ2v) is 9.07. The van der Waals surface area contributed by atoms with Crippen molar-refractivity contribution < 1.29 is 18.7 Å². The summed E-state index contributed by atoms with van der Waals surface area (Å²) in [5.41, 5.74) is 2.35. The van der Waals surface area contributed by atoms with Gasteiger partial charge in [-0.3, -0.25) is 15.1 Å². The number of urea groups is 1. The molecule has 3 N–H and O–H groups in total. The first-order chi connectivity index (χ1) is 19.3. The van der Waals surface area contributed by atoms with Crippen molar-refractivity contribution in [1.82, 2.24) is 30.0 Å². The SMILES string of the molecule is CNC(=O)c1cc(Oc2ccc(NC(=O)Nc3cc(C(C)C)nn3-c3ccc4ncncc4c3)c(F)c2)ccn1. The molecule has 0 saturated heterocycles. The lowest BCUT2D eigenvalue weighted by molar-refractivity contribution is 0.0957. The van der Waals surface area contributed by atoms with Gasteiger partial charge in [0.25, 0.3) is 5.91 Å². The minimum atomic E-state index is -0.709. The molecule has 2 aromatic carbocycles. The number of hydrogen-bond donors (Lipinski definition) is 3. The molecule has 0 aliphatic carbocycles. The second-order valence-electron chi connectivity index (χ2n) is 9.07. The lowest BCUT2D eigenvalue weighted by atomic mass is 10.1. The Hall–Kier alpha value is -5.39. The summed E-state index contributed by atoms with van der Waals surface area (Å²) in [6.07, 6.45) is 4.59. The Balaban J connectivity index is 1.33. The van der Waals surface area contributed by atoms with E-state index in [1.54, 1.807) is 23.0 Å². The van der Waals surface area contributed by atoms with Gasteiger partial charge in [0.1, 0.15) is 35.2 Å².